The lowest BCUT2D eigenvalue weighted by Gasteiger charge is -2.08. The number of nitrogens with one attached hydrogen (secondary N) is 2. The molecule has 0 saturated heterocycles. The number of imidazole rings is 1. The number of hydrogen-bond acceptors (Lipinski definition) is 3. The Hall–Kier alpha value is -2.35. The van der Waals surface area contributed by atoms with E-state index in [2.05, 4.69) is 31.5 Å². The number of benzene rings is 1. The highest BCUT2D eigenvalue weighted by atomic mass is 79.9. The van der Waals surface area contributed by atoms with Gasteiger partial charge in [0.25, 0.3) is 0 Å². The fourth-order valence-electron chi connectivity index (χ4n) is 1.63. The molecule has 7 nitrogen and oxygen atoms in total. The Morgan fingerprint density at radius 3 is 2.86 bits per heavy atom. The highest BCUT2D eigenvalue weighted by molar-refractivity contribution is 9.10. The molecule has 21 heavy (non-hydrogen) atoms. The van der Waals surface area contributed by atoms with E-state index in [0.717, 1.165) is 4.47 Å². The number of halogens is 1. The smallest absolute Gasteiger partial charge is 0.356 e. The van der Waals surface area contributed by atoms with E-state index in [4.69, 9.17) is 5.11 Å². The molecule has 0 aliphatic rings. The fraction of sp³-hybridized carbons (Fsp3) is 0.154. The molecule has 1 aromatic heterocycles. The van der Waals surface area contributed by atoms with Crippen molar-refractivity contribution in [1.29, 1.82) is 0 Å². The van der Waals surface area contributed by atoms with Gasteiger partial charge in [-0.2, -0.15) is 0 Å². The molecule has 2 rings (SSSR count). The number of hydrogen-bond donors (Lipinski definition) is 3. The molecule has 8 heteroatoms. The zero-order valence-corrected chi connectivity index (χ0v) is 12.5. The van der Waals surface area contributed by atoms with Gasteiger partial charge in [-0.15, -0.1) is 0 Å². The highest BCUT2D eigenvalue weighted by Crippen LogP contribution is 2.15. The molecule has 0 saturated carbocycles. The van der Waals surface area contributed by atoms with Crippen molar-refractivity contribution < 1.29 is 14.7 Å². The van der Waals surface area contributed by atoms with E-state index in [9.17, 15) is 9.59 Å². The van der Waals surface area contributed by atoms with Crippen LogP contribution in [0.5, 0.6) is 0 Å². The van der Waals surface area contributed by atoms with E-state index in [1.54, 1.807) is 16.7 Å². The summed E-state index contributed by atoms with van der Waals surface area (Å²) in [7, 11) is 0. The maximum absolute atomic E-state index is 11.7. The maximum Gasteiger partial charge on any atom is 0.356 e. The van der Waals surface area contributed by atoms with Crippen LogP contribution in [-0.4, -0.2) is 33.2 Å². The molecular formula is C13H13BrN4O3. The topological polar surface area (TPSA) is 96.2 Å². The molecule has 0 bridgehead atoms. The van der Waals surface area contributed by atoms with E-state index < -0.39 is 5.97 Å². The van der Waals surface area contributed by atoms with Crippen LogP contribution in [-0.2, 0) is 6.54 Å². The lowest BCUT2D eigenvalue weighted by atomic mass is 10.3. The molecule has 2 aromatic rings. The van der Waals surface area contributed by atoms with Crippen LogP contribution in [0, 0.1) is 0 Å². The summed E-state index contributed by atoms with van der Waals surface area (Å²) in [6, 6.07) is 6.92. The van der Waals surface area contributed by atoms with Crippen molar-refractivity contribution in [1.82, 2.24) is 14.9 Å². The van der Waals surface area contributed by atoms with Gasteiger partial charge in [-0.05, 0) is 18.2 Å². The van der Waals surface area contributed by atoms with Crippen LogP contribution in [0.2, 0.25) is 0 Å². The Bertz CT molecular complexity index is 656. The van der Waals surface area contributed by atoms with Crippen LogP contribution in [0.15, 0.2) is 41.3 Å². The van der Waals surface area contributed by atoms with E-state index >= 15 is 0 Å². The zero-order valence-electron chi connectivity index (χ0n) is 10.9. The molecule has 2 amide bonds. The second-order valence-corrected chi connectivity index (χ2v) is 5.11. The summed E-state index contributed by atoms with van der Waals surface area (Å²) in [6.07, 6.45) is 2.83. The first-order valence-corrected chi connectivity index (χ1v) is 6.89. The molecule has 1 aromatic carbocycles. The second kappa shape index (κ2) is 6.89. The van der Waals surface area contributed by atoms with Gasteiger partial charge in [0.1, 0.15) is 0 Å². The lowest BCUT2D eigenvalue weighted by Crippen LogP contribution is -2.31. The predicted octanol–water partition coefficient (Wildman–Crippen LogP) is 2.17. The Labute approximate surface area is 129 Å². The van der Waals surface area contributed by atoms with E-state index in [1.165, 1.54) is 12.5 Å². The van der Waals surface area contributed by atoms with Gasteiger partial charge in [0.2, 0.25) is 0 Å². The first-order chi connectivity index (χ1) is 10.0. The van der Waals surface area contributed by atoms with Gasteiger partial charge in [0.15, 0.2) is 5.69 Å². The molecule has 3 N–H and O–H groups in total. The zero-order chi connectivity index (χ0) is 15.2. The van der Waals surface area contributed by atoms with Crippen molar-refractivity contribution in [3.63, 3.8) is 0 Å². The highest BCUT2D eigenvalue weighted by Gasteiger charge is 2.06. The average molecular weight is 353 g/mol. The quantitative estimate of drug-likeness (QED) is 0.768. The van der Waals surface area contributed by atoms with Crippen molar-refractivity contribution in [3.8, 4) is 0 Å². The predicted molar refractivity (Wildman–Crippen MR) is 80.3 cm³/mol. The summed E-state index contributed by atoms with van der Waals surface area (Å²) < 4.78 is 2.47. The average Bonchev–Trinajstić information content (AvgIpc) is 2.87. The number of aromatic nitrogens is 2. The van der Waals surface area contributed by atoms with Crippen LogP contribution in [0.3, 0.4) is 0 Å². The van der Waals surface area contributed by atoms with Gasteiger partial charge in [-0.3, -0.25) is 0 Å². The molecule has 0 unspecified atom stereocenters. The maximum atomic E-state index is 11.7. The molecule has 0 aliphatic heterocycles. The van der Waals surface area contributed by atoms with Gasteiger partial charge >= 0.3 is 12.0 Å². The number of carboxylic acid groups (broad SMARTS) is 1. The minimum absolute atomic E-state index is 0.0198. The van der Waals surface area contributed by atoms with E-state index in [1.807, 2.05) is 12.1 Å². The number of carbonyl (C=O) groups is 2. The van der Waals surface area contributed by atoms with Crippen LogP contribution in [0.4, 0.5) is 10.5 Å². The fourth-order valence-corrected chi connectivity index (χ4v) is 2.03. The van der Waals surface area contributed by atoms with Crippen molar-refractivity contribution >= 4 is 33.6 Å². The molecule has 1 heterocycles. The largest absolute Gasteiger partial charge is 0.476 e. The van der Waals surface area contributed by atoms with Gasteiger partial charge < -0.3 is 20.3 Å². The first kappa shape index (κ1) is 15.0. The normalized spacial score (nSPS) is 10.1. The second-order valence-electron chi connectivity index (χ2n) is 4.19. The first-order valence-electron chi connectivity index (χ1n) is 6.10. The molecule has 0 atom stereocenters. The number of carboxylic acids is 1. The number of carbonyl (C=O) groups excluding carboxylic acids is 1. The Morgan fingerprint density at radius 2 is 2.19 bits per heavy atom. The van der Waals surface area contributed by atoms with Crippen molar-refractivity contribution in [3.05, 3.63) is 47.0 Å². The Morgan fingerprint density at radius 1 is 1.38 bits per heavy atom. The van der Waals surface area contributed by atoms with Crippen LogP contribution < -0.4 is 10.6 Å². The lowest BCUT2D eigenvalue weighted by molar-refractivity contribution is 0.0691. The van der Waals surface area contributed by atoms with Crippen LogP contribution in [0.1, 0.15) is 10.5 Å². The standard InChI is InChI=1S/C13H13BrN4O3/c14-9-2-1-3-10(6-9)17-13(21)15-4-5-18-7-11(12(19)20)16-8-18/h1-3,6-8H,4-5H2,(H,19,20)(H2,15,17,21). The van der Waals surface area contributed by atoms with Crippen LogP contribution >= 0.6 is 15.9 Å². The number of urea groups is 1. The minimum atomic E-state index is -1.07. The molecule has 0 fully saturated rings. The minimum Gasteiger partial charge on any atom is -0.476 e. The summed E-state index contributed by atoms with van der Waals surface area (Å²) in [5.41, 5.74) is 0.659. The summed E-state index contributed by atoms with van der Waals surface area (Å²) in [4.78, 5) is 26.1. The van der Waals surface area contributed by atoms with Gasteiger partial charge in [-0.1, -0.05) is 22.0 Å². The third kappa shape index (κ3) is 4.60. The van der Waals surface area contributed by atoms with Gasteiger partial charge in [0, 0.05) is 29.4 Å². The molecule has 0 spiro atoms. The van der Waals surface area contributed by atoms with Gasteiger partial charge in [-0.25, -0.2) is 14.6 Å². The molecule has 110 valence electrons. The van der Waals surface area contributed by atoms with Crippen molar-refractivity contribution in [2.75, 3.05) is 11.9 Å². The Balaban J connectivity index is 1.77. The number of aromatic carboxylic acids is 1. The van der Waals surface area contributed by atoms with E-state index in [0.29, 0.717) is 18.8 Å². The number of rotatable bonds is 5. The summed E-state index contributed by atoms with van der Waals surface area (Å²) in [6.45, 7) is 0.793. The third-order valence-corrected chi connectivity index (χ3v) is 3.08. The van der Waals surface area contributed by atoms with E-state index in [-0.39, 0.29) is 11.7 Å². The SMILES string of the molecule is O=C(NCCn1cnc(C(=O)O)c1)Nc1cccc(Br)c1. The monoisotopic (exact) mass is 352 g/mol. The summed E-state index contributed by atoms with van der Waals surface area (Å²) in [5.74, 6) is -1.07. The molecular weight excluding hydrogens is 340 g/mol. The van der Waals surface area contributed by atoms with Gasteiger partial charge in [0.05, 0.1) is 6.33 Å². The number of anilines is 1. The molecule has 0 aliphatic carbocycles. The summed E-state index contributed by atoms with van der Waals surface area (Å²) in [5, 5.41) is 14.1. The van der Waals surface area contributed by atoms with Crippen molar-refractivity contribution in [2.45, 2.75) is 6.54 Å². The third-order valence-electron chi connectivity index (χ3n) is 2.59. The Kier molecular flexibility index (Phi) is 4.94. The van der Waals surface area contributed by atoms with Crippen molar-refractivity contribution in [2.24, 2.45) is 0 Å². The number of amides is 2. The summed E-state index contributed by atoms with van der Waals surface area (Å²) >= 11 is 3.32. The number of nitrogens with zero attached hydrogens (tertiary/aromatic N) is 2. The molecule has 0 radical (unpaired) electrons. The van der Waals surface area contributed by atoms with Crippen LogP contribution in [0.25, 0.3) is 0 Å².